The van der Waals surface area contributed by atoms with Gasteiger partial charge < -0.3 is 5.32 Å². The Morgan fingerprint density at radius 3 is 2.60 bits per heavy atom. The van der Waals surface area contributed by atoms with Gasteiger partial charge in [-0.2, -0.15) is 0 Å². The fourth-order valence-corrected chi connectivity index (χ4v) is 2.77. The van der Waals surface area contributed by atoms with Crippen LogP contribution in [0.25, 0.3) is 0 Å². The van der Waals surface area contributed by atoms with E-state index in [0.717, 1.165) is 31.1 Å². The van der Waals surface area contributed by atoms with Gasteiger partial charge in [0.05, 0.1) is 0 Å². The van der Waals surface area contributed by atoms with Gasteiger partial charge in [0.15, 0.2) is 0 Å². The van der Waals surface area contributed by atoms with Crippen molar-refractivity contribution in [1.82, 2.24) is 10.2 Å². The number of likely N-dealkylation sites (N-methyl/N-ethyl adjacent to an activating group) is 1. The summed E-state index contributed by atoms with van der Waals surface area (Å²) in [4.78, 5) is 2.71. The van der Waals surface area contributed by atoms with Gasteiger partial charge in [-0.1, -0.05) is 20.8 Å². The summed E-state index contributed by atoms with van der Waals surface area (Å²) in [6, 6.07) is 1.52. The van der Waals surface area contributed by atoms with Gasteiger partial charge in [-0.3, -0.25) is 4.90 Å². The molecule has 3 atom stereocenters. The number of hydrogen-bond acceptors (Lipinski definition) is 2. The summed E-state index contributed by atoms with van der Waals surface area (Å²) in [5.41, 5.74) is 0. The molecule has 0 radical (unpaired) electrons. The van der Waals surface area contributed by atoms with E-state index < -0.39 is 0 Å². The van der Waals surface area contributed by atoms with Crippen LogP contribution in [0.2, 0.25) is 0 Å². The van der Waals surface area contributed by atoms with Crippen molar-refractivity contribution in [3.63, 3.8) is 0 Å². The minimum Gasteiger partial charge on any atom is -0.315 e. The van der Waals surface area contributed by atoms with Crippen LogP contribution < -0.4 is 5.32 Å². The molecule has 1 rings (SSSR count). The molecule has 3 unspecified atom stereocenters. The minimum absolute atomic E-state index is 0.743. The normalized spacial score (nSPS) is 30.4. The molecule has 1 saturated heterocycles. The molecule has 0 spiro atoms. The monoisotopic (exact) mass is 212 g/mol. The van der Waals surface area contributed by atoms with Crippen LogP contribution in [-0.2, 0) is 0 Å². The standard InChI is InChI=1S/C13H28N2/c1-5-13(10-14-6-2)15-8-7-11(3)9-12(15)4/h11-14H,5-10H2,1-4H3. The van der Waals surface area contributed by atoms with Crippen LogP contribution in [0.3, 0.4) is 0 Å². The minimum atomic E-state index is 0.743. The Bertz CT molecular complexity index is 170. The van der Waals surface area contributed by atoms with Gasteiger partial charge in [0.25, 0.3) is 0 Å². The summed E-state index contributed by atoms with van der Waals surface area (Å²) >= 11 is 0. The summed E-state index contributed by atoms with van der Waals surface area (Å²) in [5, 5.41) is 3.49. The van der Waals surface area contributed by atoms with Gasteiger partial charge in [0.1, 0.15) is 0 Å². The van der Waals surface area contributed by atoms with Gasteiger partial charge >= 0.3 is 0 Å². The highest BCUT2D eigenvalue weighted by atomic mass is 15.2. The Hall–Kier alpha value is -0.0800. The zero-order valence-electron chi connectivity index (χ0n) is 10.9. The molecule has 2 nitrogen and oxygen atoms in total. The molecule has 0 saturated carbocycles. The van der Waals surface area contributed by atoms with Gasteiger partial charge in [0.2, 0.25) is 0 Å². The molecule has 0 aromatic heterocycles. The SMILES string of the molecule is CCNCC(CC)N1CCC(C)CC1C. The molecule has 2 heteroatoms. The van der Waals surface area contributed by atoms with E-state index in [0.29, 0.717) is 0 Å². The largest absolute Gasteiger partial charge is 0.315 e. The van der Waals surface area contributed by atoms with E-state index in [1.54, 1.807) is 0 Å². The van der Waals surface area contributed by atoms with Gasteiger partial charge in [0, 0.05) is 18.6 Å². The first-order chi connectivity index (χ1) is 7.19. The first-order valence-corrected chi connectivity index (χ1v) is 6.65. The molecule has 0 bridgehead atoms. The second kappa shape index (κ2) is 6.49. The smallest absolute Gasteiger partial charge is 0.0220 e. The Morgan fingerprint density at radius 2 is 2.07 bits per heavy atom. The predicted octanol–water partition coefficient (Wildman–Crippen LogP) is 2.49. The second-order valence-electron chi connectivity index (χ2n) is 5.09. The molecule has 0 amide bonds. The van der Waals surface area contributed by atoms with Crippen molar-refractivity contribution in [3.8, 4) is 0 Å². The molecule has 1 N–H and O–H groups in total. The third-order valence-corrected chi connectivity index (χ3v) is 3.76. The Labute approximate surface area is 95.4 Å². The highest BCUT2D eigenvalue weighted by molar-refractivity contribution is 4.83. The maximum absolute atomic E-state index is 3.49. The summed E-state index contributed by atoms with van der Waals surface area (Å²) in [6.45, 7) is 12.8. The van der Waals surface area contributed by atoms with Crippen LogP contribution in [0, 0.1) is 5.92 Å². The molecule has 1 aliphatic heterocycles. The Morgan fingerprint density at radius 1 is 1.33 bits per heavy atom. The van der Waals surface area contributed by atoms with Crippen molar-refractivity contribution in [2.24, 2.45) is 5.92 Å². The fourth-order valence-electron chi connectivity index (χ4n) is 2.77. The van der Waals surface area contributed by atoms with Crippen molar-refractivity contribution >= 4 is 0 Å². The summed E-state index contributed by atoms with van der Waals surface area (Å²) in [5.74, 6) is 0.924. The van der Waals surface area contributed by atoms with Crippen LogP contribution in [0.1, 0.15) is 47.0 Å². The Balaban J connectivity index is 2.44. The van der Waals surface area contributed by atoms with Crippen molar-refractivity contribution in [2.75, 3.05) is 19.6 Å². The molecule has 1 fully saturated rings. The van der Waals surface area contributed by atoms with E-state index >= 15 is 0 Å². The molecule has 0 aromatic carbocycles. The van der Waals surface area contributed by atoms with E-state index in [-0.39, 0.29) is 0 Å². The van der Waals surface area contributed by atoms with Crippen LogP contribution in [0.5, 0.6) is 0 Å². The maximum atomic E-state index is 3.49. The number of piperidine rings is 1. The molecule has 1 heterocycles. The zero-order valence-corrected chi connectivity index (χ0v) is 10.9. The fraction of sp³-hybridized carbons (Fsp3) is 1.00. The van der Waals surface area contributed by atoms with E-state index in [9.17, 15) is 0 Å². The van der Waals surface area contributed by atoms with E-state index in [1.165, 1.54) is 25.8 Å². The summed E-state index contributed by atoms with van der Waals surface area (Å²) in [7, 11) is 0. The lowest BCUT2D eigenvalue weighted by Gasteiger charge is -2.41. The van der Waals surface area contributed by atoms with Crippen LogP contribution in [-0.4, -0.2) is 36.6 Å². The number of nitrogens with one attached hydrogen (secondary N) is 1. The maximum Gasteiger partial charge on any atom is 0.0220 e. The summed E-state index contributed by atoms with van der Waals surface area (Å²) < 4.78 is 0. The zero-order chi connectivity index (χ0) is 11.3. The molecule has 15 heavy (non-hydrogen) atoms. The number of hydrogen-bond donors (Lipinski definition) is 1. The van der Waals surface area contributed by atoms with Gasteiger partial charge in [-0.15, -0.1) is 0 Å². The molecular weight excluding hydrogens is 184 g/mol. The number of nitrogens with zero attached hydrogens (tertiary/aromatic N) is 1. The second-order valence-corrected chi connectivity index (χ2v) is 5.09. The molecule has 1 aliphatic rings. The lowest BCUT2D eigenvalue weighted by molar-refractivity contribution is 0.0791. The van der Waals surface area contributed by atoms with Gasteiger partial charge in [-0.25, -0.2) is 0 Å². The van der Waals surface area contributed by atoms with E-state index in [4.69, 9.17) is 0 Å². The molecule has 90 valence electrons. The quantitative estimate of drug-likeness (QED) is 0.753. The lowest BCUT2D eigenvalue weighted by Crippen LogP contribution is -2.50. The van der Waals surface area contributed by atoms with Crippen molar-refractivity contribution in [2.45, 2.75) is 59.0 Å². The predicted molar refractivity (Wildman–Crippen MR) is 67.2 cm³/mol. The number of rotatable bonds is 5. The average Bonchev–Trinajstić information content (AvgIpc) is 2.21. The summed E-state index contributed by atoms with van der Waals surface area (Å²) in [6.07, 6.45) is 4.03. The van der Waals surface area contributed by atoms with E-state index in [2.05, 4.69) is 37.9 Å². The Kier molecular flexibility index (Phi) is 5.62. The molecule has 0 aromatic rings. The van der Waals surface area contributed by atoms with Gasteiger partial charge in [-0.05, 0) is 45.2 Å². The third kappa shape index (κ3) is 3.76. The highest BCUT2D eigenvalue weighted by Gasteiger charge is 2.27. The lowest BCUT2D eigenvalue weighted by atomic mass is 9.91. The average molecular weight is 212 g/mol. The highest BCUT2D eigenvalue weighted by Crippen LogP contribution is 2.24. The van der Waals surface area contributed by atoms with Crippen LogP contribution >= 0.6 is 0 Å². The molecular formula is C13H28N2. The van der Waals surface area contributed by atoms with Crippen molar-refractivity contribution in [1.29, 1.82) is 0 Å². The topological polar surface area (TPSA) is 15.3 Å². The first-order valence-electron chi connectivity index (χ1n) is 6.65. The van der Waals surface area contributed by atoms with Crippen LogP contribution in [0.15, 0.2) is 0 Å². The van der Waals surface area contributed by atoms with Crippen LogP contribution in [0.4, 0.5) is 0 Å². The van der Waals surface area contributed by atoms with Crippen molar-refractivity contribution < 1.29 is 0 Å². The van der Waals surface area contributed by atoms with Crippen molar-refractivity contribution in [3.05, 3.63) is 0 Å². The first kappa shape index (κ1) is 13.0. The molecule has 0 aliphatic carbocycles. The third-order valence-electron chi connectivity index (χ3n) is 3.76. The van der Waals surface area contributed by atoms with E-state index in [1.807, 2.05) is 0 Å². The number of likely N-dealkylation sites (tertiary alicyclic amines) is 1.